The summed E-state index contributed by atoms with van der Waals surface area (Å²) in [5.41, 5.74) is 0. The van der Waals surface area contributed by atoms with Crippen LogP contribution in [0.4, 0.5) is 0 Å². The summed E-state index contributed by atoms with van der Waals surface area (Å²) < 4.78 is 34.6. The molecule has 0 aromatic rings. The van der Waals surface area contributed by atoms with Crippen LogP contribution in [0.2, 0.25) is 0 Å². The lowest BCUT2D eigenvalue weighted by atomic mass is 10.3. The molecule has 0 aromatic heterocycles. The minimum absolute atomic E-state index is 0.0243. The Morgan fingerprint density at radius 1 is 0.690 bits per heavy atom. The van der Waals surface area contributed by atoms with Crippen LogP contribution in [0.1, 0.15) is 0 Å². The van der Waals surface area contributed by atoms with E-state index >= 15 is 0 Å². The third-order valence-electron chi connectivity index (χ3n) is 5.42. The van der Waals surface area contributed by atoms with Crippen molar-refractivity contribution in [2.45, 2.75) is 0 Å². The molecular weight excluding hydrogens is 400 g/mol. The Labute approximate surface area is 173 Å². The van der Waals surface area contributed by atoms with Gasteiger partial charge in [0, 0.05) is 79.7 Å². The standard InChI is InChI=1S/C18H34N4O6S/c1-27-15-17(23)21-7-3-19(4-8-21)11-13-29(25,26)14-12-20-5-9-22(10-6-20)18(24)16-28-2/h3-16H2,1-2H3. The summed E-state index contributed by atoms with van der Waals surface area (Å²) in [5, 5.41) is 0. The minimum Gasteiger partial charge on any atom is -0.375 e. The average Bonchev–Trinajstić information content (AvgIpc) is 2.72. The van der Waals surface area contributed by atoms with Crippen LogP contribution in [0, 0.1) is 0 Å². The molecule has 2 fully saturated rings. The van der Waals surface area contributed by atoms with E-state index in [2.05, 4.69) is 9.80 Å². The van der Waals surface area contributed by atoms with E-state index in [1.165, 1.54) is 14.2 Å². The number of sulfone groups is 1. The van der Waals surface area contributed by atoms with E-state index in [0.29, 0.717) is 65.4 Å². The predicted octanol–water partition coefficient (Wildman–Crippen LogP) is -2.02. The number of ether oxygens (including phenoxy) is 2. The second kappa shape index (κ2) is 11.8. The summed E-state index contributed by atoms with van der Waals surface area (Å²) in [6.07, 6.45) is 0. The average molecular weight is 435 g/mol. The predicted molar refractivity (Wildman–Crippen MR) is 108 cm³/mol. The minimum atomic E-state index is -3.14. The van der Waals surface area contributed by atoms with Gasteiger partial charge in [-0.3, -0.25) is 19.4 Å². The molecule has 10 nitrogen and oxygen atoms in total. The van der Waals surface area contributed by atoms with E-state index < -0.39 is 9.84 Å². The molecule has 0 N–H and O–H groups in total. The lowest BCUT2D eigenvalue weighted by Gasteiger charge is -2.35. The zero-order valence-corrected chi connectivity index (χ0v) is 18.4. The maximum absolute atomic E-state index is 12.4. The van der Waals surface area contributed by atoms with Crippen LogP contribution >= 0.6 is 0 Å². The first kappa shape index (κ1) is 24.0. The molecule has 2 heterocycles. The van der Waals surface area contributed by atoms with Gasteiger partial charge in [-0.1, -0.05) is 0 Å². The second-order valence-electron chi connectivity index (χ2n) is 7.46. The van der Waals surface area contributed by atoms with Crippen molar-refractivity contribution in [3.8, 4) is 0 Å². The summed E-state index contributed by atoms with van der Waals surface area (Å²) in [4.78, 5) is 31.3. The third kappa shape index (κ3) is 8.17. The van der Waals surface area contributed by atoms with E-state index in [1.807, 2.05) is 0 Å². The third-order valence-corrected chi connectivity index (χ3v) is 7.03. The Bertz CT molecular complexity index is 580. The molecular formula is C18H34N4O6S. The molecule has 0 unspecified atom stereocenters. The molecule has 0 saturated carbocycles. The van der Waals surface area contributed by atoms with Gasteiger partial charge in [-0.05, 0) is 0 Å². The molecule has 2 saturated heterocycles. The van der Waals surface area contributed by atoms with Crippen LogP contribution in [0.3, 0.4) is 0 Å². The van der Waals surface area contributed by atoms with Crippen LogP contribution in [0.5, 0.6) is 0 Å². The van der Waals surface area contributed by atoms with Crippen LogP contribution in [-0.4, -0.2) is 144 Å². The van der Waals surface area contributed by atoms with Gasteiger partial charge >= 0.3 is 0 Å². The van der Waals surface area contributed by atoms with Crippen molar-refractivity contribution in [3.05, 3.63) is 0 Å². The Morgan fingerprint density at radius 3 is 1.34 bits per heavy atom. The Morgan fingerprint density at radius 2 is 1.03 bits per heavy atom. The zero-order valence-electron chi connectivity index (χ0n) is 17.5. The normalized spacial score (nSPS) is 19.5. The number of hydrogen-bond donors (Lipinski definition) is 0. The number of hydrogen-bond acceptors (Lipinski definition) is 8. The molecule has 0 bridgehead atoms. The molecule has 168 valence electrons. The number of nitrogens with zero attached hydrogens (tertiary/aromatic N) is 4. The van der Waals surface area contributed by atoms with Gasteiger partial charge in [-0.2, -0.15) is 0 Å². The highest BCUT2D eigenvalue weighted by Crippen LogP contribution is 2.06. The number of piperazine rings is 2. The van der Waals surface area contributed by atoms with Crippen LogP contribution in [-0.2, 0) is 28.9 Å². The van der Waals surface area contributed by atoms with Gasteiger partial charge in [0.2, 0.25) is 11.8 Å². The molecule has 0 aliphatic carbocycles. The summed E-state index contributed by atoms with van der Waals surface area (Å²) in [5.74, 6) is 0.212. The molecule has 0 atom stereocenters. The Balaban J connectivity index is 1.63. The SMILES string of the molecule is COCC(=O)N1CCN(CCS(=O)(=O)CCN2CCN(C(=O)COC)CC2)CC1. The molecule has 29 heavy (non-hydrogen) atoms. The molecule has 2 amide bonds. The summed E-state index contributed by atoms with van der Waals surface area (Å²) in [6.45, 7) is 6.31. The monoisotopic (exact) mass is 434 g/mol. The Hall–Kier alpha value is -1.27. The van der Waals surface area contributed by atoms with E-state index in [0.717, 1.165) is 0 Å². The lowest BCUT2D eigenvalue weighted by molar-refractivity contribution is -0.137. The van der Waals surface area contributed by atoms with Gasteiger partial charge in [0.15, 0.2) is 9.84 Å². The highest BCUT2D eigenvalue weighted by Gasteiger charge is 2.24. The molecule has 11 heteroatoms. The van der Waals surface area contributed by atoms with Gasteiger partial charge in [-0.25, -0.2) is 8.42 Å². The van der Waals surface area contributed by atoms with Crippen LogP contribution in [0.15, 0.2) is 0 Å². The lowest BCUT2D eigenvalue weighted by Crippen LogP contribution is -2.51. The number of rotatable bonds is 10. The summed E-state index contributed by atoms with van der Waals surface area (Å²) in [6, 6.07) is 0. The quantitative estimate of drug-likeness (QED) is 0.389. The zero-order chi connectivity index (χ0) is 21.3. The highest BCUT2D eigenvalue weighted by atomic mass is 32.2. The number of methoxy groups -OCH3 is 2. The van der Waals surface area contributed by atoms with Crippen molar-refractivity contribution in [2.75, 3.05) is 104 Å². The maximum Gasteiger partial charge on any atom is 0.248 e. The summed E-state index contributed by atoms with van der Waals surface area (Å²) >= 11 is 0. The van der Waals surface area contributed by atoms with E-state index in [1.54, 1.807) is 9.80 Å². The Kier molecular flexibility index (Phi) is 9.76. The van der Waals surface area contributed by atoms with Crippen molar-refractivity contribution in [2.24, 2.45) is 0 Å². The molecule has 2 aliphatic heterocycles. The van der Waals surface area contributed by atoms with Crippen molar-refractivity contribution >= 4 is 21.7 Å². The number of carbonyl (C=O) groups excluding carboxylic acids is 2. The molecule has 0 aromatic carbocycles. The van der Waals surface area contributed by atoms with E-state index in [4.69, 9.17) is 9.47 Å². The number of carbonyl (C=O) groups is 2. The number of amides is 2. The highest BCUT2D eigenvalue weighted by molar-refractivity contribution is 7.91. The molecule has 0 radical (unpaired) electrons. The fourth-order valence-corrected chi connectivity index (χ4v) is 4.79. The second-order valence-corrected chi connectivity index (χ2v) is 9.77. The van der Waals surface area contributed by atoms with Crippen LogP contribution < -0.4 is 0 Å². The molecule has 2 aliphatic rings. The van der Waals surface area contributed by atoms with Crippen molar-refractivity contribution in [3.63, 3.8) is 0 Å². The van der Waals surface area contributed by atoms with Crippen molar-refractivity contribution in [1.29, 1.82) is 0 Å². The smallest absolute Gasteiger partial charge is 0.248 e. The van der Waals surface area contributed by atoms with Crippen molar-refractivity contribution < 1.29 is 27.5 Å². The first-order valence-corrected chi connectivity index (χ1v) is 11.9. The van der Waals surface area contributed by atoms with Gasteiger partial charge in [0.25, 0.3) is 0 Å². The fraction of sp³-hybridized carbons (Fsp3) is 0.889. The largest absolute Gasteiger partial charge is 0.375 e. The maximum atomic E-state index is 12.4. The molecule has 2 rings (SSSR count). The van der Waals surface area contributed by atoms with Gasteiger partial charge < -0.3 is 19.3 Å². The van der Waals surface area contributed by atoms with Crippen molar-refractivity contribution in [1.82, 2.24) is 19.6 Å². The van der Waals surface area contributed by atoms with Gasteiger partial charge in [-0.15, -0.1) is 0 Å². The van der Waals surface area contributed by atoms with E-state index in [-0.39, 0.29) is 36.5 Å². The fourth-order valence-electron chi connectivity index (χ4n) is 3.51. The summed E-state index contributed by atoms with van der Waals surface area (Å²) in [7, 11) is -0.142. The first-order chi connectivity index (χ1) is 13.8. The van der Waals surface area contributed by atoms with Crippen LogP contribution in [0.25, 0.3) is 0 Å². The topological polar surface area (TPSA) is 99.7 Å². The first-order valence-electron chi connectivity index (χ1n) is 10.0. The molecule has 0 spiro atoms. The van der Waals surface area contributed by atoms with Gasteiger partial charge in [0.1, 0.15) is 13.2 Å². The van der Waals surface area contributed by atoms with Gasteiger partial charge in [0.05, 0.1) is 11.5 Å². The van der Waals surface area contributed by atoms with E-state index in [9.17, 15) is 18.0 Å².